The summed E-state index contributed by atoms with van der Waals surface area (Å²) in [6.45, 7) is 2.37. The molecule has 2 aromatic heterocycles. The van der Waals surface area contributed by atoms with E-state index in [0.29, 0.717) is 40.2 Å². The number of benzene rings is 3. The lowest BCUT2D eigenvalue weighted by atomic mass is 9.94. The molecule has 1 unspecified atom stereocenters. The molecule has 3 aromatic carbocycles. The molecule has 0 bridgehead atoms. The predicted molar refractivity (Wildman–Crippen MR) is 156 cm³/mol. The third-order valence-electron chi connectivity index (χ3n) is 6.92. The van der Waals surface area contributed by atoms with Crippen molar-refractivity contribution in [1.29, 1.82) is 0 Å². The zero-order valence-electron chi connectivity index (χ0n) is 22.7. The Morgan fingerprint density at radius 3 is 2.57 bits per heavy atom. The van der Waals surface area contributed by atoms with Crippen LogP contribution in [0, 0.1) is 0 Å². The molecule has 0 saturated carbocycles. The number of Topliss-reactive ketones (excluding diaryl/α,β-unsaturated/α-hetero) is 1. The molecule has 212 valence electrons. The topological polar surface area (TPSA) is 128 Å². The standard InChI is InChI=1S/C31H24N2O8S/c1-4-40-19-12-13-20-23(15-19)42-31(32-20)33-25(16-8-10-17(11-9-16)30(37)39-3)24(27(35)29(33)36)26(34)22-14-18-6-5-7-21(38-2)28(18)41-22/h5-15,25,35H,4H2,1-3H3. The van der Waals surface area contributed by atoms with Gasteiger partial charge in [-0.1, -0.05) is 35.6 Å². The highest BCUT2D eigenvalue weighted by atomic mass is 32.1. The Balaban J connectivity index is 1.48. The number of anilines is 1. The van der Waals surface area contributed by atoms with Crippen molar-refractivity contribution in [3.8, 4) is 11.5 Å². The van der Waals surface area contributed by atoms with Crippen LogP contribution in [0.15, 0.2) is 82.5 Å². The Morgan fingerprint density at radius 2 is 1.86 bits per heavy atom. The number of para-hydroxylation sites is 1. The van der Waals surface area contributed by atoms with Crippen molar-refractivity contribution in [3.05, 3.63) is 94.9 Å². The first-order valence-corrected chi connectivity index (χ1v) is 13.8. The van der Waals surface area contributed by atoms with E-state index in [4.69, 9.17) is 18.6 Å². The van der Waals surface area contributed by atoms with E-state index in [1.807, 2.05) is 13.0 Å². The van der Waals surface area contributed by atoms with E-state index >= 15 is 0 Å². The van der Waals surface area contributed by atoms with Crippen molar-refractivity contribution in [1.82, 2.24) is 4.98 Å². The second-order valence-electron chi connectivity index (χ2n) is 9.33. The first kappa shape index (κ1) is 27.0. The van der Waals surface area contributed by atoms with Crippen molar-refractivity contribution in [2.75, 3.05) is 25.7 Å². The second kappa shape index (κ2) is 10.7. The number of aliphatic hydroxyl groups is 1. The number of amides is 1. The van der Waals surface area contributed by atoms with Crippen LogP contribution in [0.3, 0.4) is 0 Å². The number of hydrogen-bond acceptors (Lipinski definition) is 10. The third kappa shape index (κ3) is 4.44. The molecule has 0 spiro atoms. The summed E-state index contributed by atoms with van der Waals surface area (Å²) >= 11 is 1.22. The quantitative estimate of drug-likeness (QED) is 0.172. The molecule has 1 aliphatic rings. The summed E-state index contributed by atoms with van der Waals surface area (Å²) in [5.41, 5.74) is 1.55. The van der Waals surface area contributed by atoms with E-state index in [1.165, 1.54) is 48.7 Å². The van der Waals surface area contributed by atoms with Crippen molar-refractivity contribution in [2.24, 2.45) is 0 Å². The van der Waals surface area contributed by atoms with Crippen LogP contribution in [0.4, 0.5) is 5.13 Å². The molecular formula is C31H24N2O8S. The van der Waals surface area contributed by atoms with Crippen LogP contribution in [0.1, 0.15) is 39.4 Å². The van der Waals surface area contributed by atoms with Crippen LogP contribution in [-0.2, 0) is 9.53 Å². The Kier molecular flexibility index (Phi) is 6.87. The highest BCUT2D eigenvalue weighted by molar-refractivity contribution is 7.22. The maximum absolute atomic E-state index is 14.0. The van der Waals surface area contributed by atoms with Crippen LogP contribution in [-0.4, -0.2) is 48.6 Å². The molecule has 1 atom stereocenters. The van der Waals surface area contributed by atoms with Gasteiger partial charge in [-0.3, -0.25) is 14.5 Å². The van der Waals surface area contributed by atoms with E-state index < -0.39 is 29.5 Å². The predicted octanol–water partition coefficient (Wildman–Crippen LogP) is 6.02. The summed E-state index contributed by atoms with van der Waals surface area (Å²) in [7, 11) is 2.77. The minimum absolute atomic E-state index is 0.0764. The van der Waals surface area contributed by atoms with Gasteiger partial charge >= 0.3 is 5.97 Å². The Morgan fingerprint density at radius 1 is 1.07 bits per heavy atom. The van der Waals surface area contributed by atoms with Gasteiger partial charge in [-0.25, -0.2) is 9.78 Å². The number of carbonyl (C=O) groups is 3. The van der Waals surface area contributed by atoms with Gasteiger partial charge in [0.1, 0.15) is 5.75 Å². The summed E-state index contributed by atoms with van der Waals surface area (Å²) in [5.74, 6) is -1.72. The molecule has 1 N–H and O–H groups in total. The highest BCUT2D eigenvalue weighted by Crippen LogP contribution is 2.45. The van der Waals surface area contributed by atoms with Crippen LogP contribution in [0.2, 0.25) is 0 Å². The van der Waals surface area contributed by atoms with Gasteiger partial charge in [-0.05, 0) is 55.0 Å². The van der Waals surface area contributed by atoms with E-state index in [9.17, 15) is 19.5 Å². The number of carbonyl (C=O) groups excluding carboxylic acids is 3. The van der Waals surface area contributed by atoms with Gasteiger partial charge in [0.25, 0.3) is 5.91 Å². The van der Waals surface area contributed by atoms with E-state index in [0.717, 1.165) is 4.70 Å². The largest absolute Gasteiger partial charge is 0.503 e. The van der Waals surface area contributed by atoms with Gasteiger partial charge in [-0.15, -0.1) is 0 Å². The number of aromatic nitrogens is 1. The van der Waals surface area contributed by atoms with Crippen molar-refractivity contribution in [3.63, 3.8) is 0 Å². The monoisotopic (exact) mass is 584 g/mol. The molecule has 1 aliphatic heterocycles. The van der Waals surface area contributed by atoms with Gasteiger partial charge in [-0.2, -0.15) is 0 Å². The number of hydrogen-bond donors (Lipinski definition) is 1. The smallest absolute Gasteiger partial charge is 0.337 e. The number of fused-ring (bicyclic) bond motifs is 2. The summed E-state index contributed by atoms with van der Waals surface area (Å²) < 4.78 is 22.4. The molecule has 0 fully saturated rings. The van der Waals surface area contributed by atoms with Crippen LogP contribution in [0.5, 0.6) is 11.5 Å². The number of esters is 1. The Hall–Kier alpha value is -5.16. The van der Waals surface area contributed by atoms with Gasteiger partial charge in [0.2, 0.25) is 5.78 Å². The molecule has 1 amide bonds. The molecule has 42 heavy (non-hydrogen) atoms. The number of ether oxygens (including phenoxy) is 3. The molecule has 3 heterocycles. The average Bonchev–Trinajstić information content (AvgIpc) is 3.70. The fourth-order valence-electron chi connectivity index (χ4n) is 4.96. The SMILES string of the molecule is CCOc1ccc2nc(N3C(=O)C(O)=C(C(=O)c4cc5cccc(OC)c5o4)C3c3ccc(C(=O)OC)cc3)sc2c1. The fraction of sp³-hybridized carbons (Fsp3) is 0.161. The molecule has 6 rings (SSSR count). The normalized spacial score (nSPS) is 15.1. The van der Waals surface area contributed by atoms with E-state index in [1.54, 1.807) is 42.5 Å². The summed E-state index contributed by atoms with van der Waals surface area (Å²) in [6.07, 6.45) is 0. The third-order valence-corrected chi connectivity index (χ3v) is 7.94. The second-order valence-corrected chi connectivity index (χ2v) is 10.3. The van der Waals surface area contributed by atoms with Crippen molar-refractivity contribution < 1.29 is 38.1 Å². The molecular weight excluding hydrogens is 560 g/mol. The first-order chi connectivity index (χ1) is 20.3. The lowest BCUT2D eigenvalue weighted by Gasteiger charge is -2.24. The maximum atomic E-state index is 14.0. The van der Waals surface area contributed by atoms with Gasteiger partial charge < -0.3 is 23.7 Å². The highest BCUT2D eigenvalue weighted by Gasteiger charge is 2.46. The van der Waals surface area contributed by atoms with Crippen molar-refractivity contribution in [2.45, 2.75) is 13.0 Å². The number of rotatable bonds is 8. The van der Waals surface area contributed by atoms with E-state index in [-0.39, 0.29) is 22.0 Å². The lowest BCUT2D eigenvalue weighted by Crippen LogP contribution is -2.31. The zero-order valence-corrected chi connectivity index (χ0v) is 23.6. The average molecular weight is 585 g/mol. The Bertz CT molecular complexity index is 1900. The number of ketones is 1. The van der Waals surface area contributed by atoms with Crippen LogP contribution >= 0.6 is 11.3 Å². The molecule has 0 aliphatic carbocycles. The molecule has 11 heteroatoms. The summed E-state index contributed by atoms with van der Waals surface area (Å²) in [5, 5.41) is 12.1. The van der Waals surface area contributed by atoms with Crippen LogP contribution < -0.4 is 14.4 Å². The lowest BCUT2D eigenvalue weighted by molar-refractivity contribution is -0.117. The molecule has 10 nitrogen and oxygen atoms in total. The summed E-state index contributed by atoms with van der Waals surface area (Å²) in [6, 6.07) is 17.3. The number of thiazole rings is 1. The number of nitrogens with zero attached hydrogens (tertiary/aromatic N) is 2. The van der Waals surface area contributed by atoms with Crippen LogP contribution in [0.25, 0.3) is 21.2 Å². The van der Waals surface area contributed by atoms with Crippen molar-refractivity contribution >= 4 is 55.3 Å². The number of furan rings is 1. The molecule has 0 radical (unpaired) electrons. The first-order valence-electron chi connectivity index (χ1n) is 12.9. The molecule has 0 saturated heterocycles. The van der Waals surface area contributed by atoms with Gasteiger partial charge in [0, 0.05) is 5.39 Å². The van der Waals surface area contributed by atoms with Gasteiger partial charge in [0.15, 0.2) is 28.0 Å². The number of methoxy groups -OCH3 is 2. The van der Waals surface area contributed by atoms with Gasteiger partial charge in [0.05, 0.1) is 48.2 Å². The summed E-state index contributed by atoms with van der Waals surface area (Å²) in [4.78, 5) is 45.7. The fourth-order valence-corrected chi connectivity index (χ4v) is 5.98. The Labute approximate surface area is 243 Å². The minimum atomic E-state index is -1.07. The number of aliphatic hydroxyl groups excluding tert-OH is 1. The van der Waals surface area contributed by atoms with E-state index in [2.05, 4.69) is 4.98 Å². The maximum Gasteiger partial charge on any atom is 0.337 e. The minimum Gasteiger partial charge on any atom is -0.503 e. The zero-order chi connectivity index (χ0) is 29.5. The molecule has 5 aromatic rings.